The van der Waals surface area contributed by atoms with Gasteiger partial charge in [0.25, 0.3) is 11.8 Å². The van der Waals surface area contributed by atoms with Gasteiger partial charge in [-0.2, -0.15) is 0 Å². The molecule has 47 heavy (non-hydrogen) atoms. The fourth-order valence-electron chi connectivity index (χ4n) is 6.19. The Morgan fingerprint density at radius 2 is 1.66 bits per heavy atom. The second-order valence-electron chi connectivity index (χ2n) is 10.9. The Balaban J connectivity index is 1.31. The van der Waals surface area contributed by atoms with Crippen LogP contribution >= 0.6 is 46.3 Å². The SMILES string of the molecule is O=C1c2oc3ccccc3c(=O)c2C2(C(=O)N(Cc3ccccc3F)c3ccccc32)N1c1nnc(SCc2ccc(Cl)cc2Cl)s1. The number of para-hydroxylation sites is 2. The smallest absolute Gasteiger partial charge is 0.297 e. The van der Waals surface area contributed by atoms with Gasteiger partial charge in [-0.3, -0.25) is 19.3 Å². The Bertz CT molecular complexity index is 2350. The van der Waals surface area contributed by atoms with Crippen LogP contribution in [-0.2, 0) is 22.6 Å². The monoisotopic (exact) mass is 700 g/mol. The fourth-order valence-corrected chi connectivity index (χ4v) is 8.64. The minimum Gasteiger partial charge on any atom is -0.450 e. The van der Waals surface area contributed by atoms with Crippen LogP contribution < -0.4 is 15.2 Å². The van der Waals surface area contributed by atoms with Gasteiger partial charge in [-0.15, -0.1) is 10.2 Å². The number of carbonyl (C=O) groups excluding carboxylic acids is 2. The molecule has 13 heteroatoms. The molecule has 6 aromatic rings. The van der Waals surface area contributed by atoms with Gasteiger partial charge in [0.15, 0.2) is 15.3 Å². The van der Waals surface area contributed by atoms with Crippen molar-refractivity contribution in [2.24, 2.45) is 0 Å². The molecule has 1 spiro atoms. The molecule has 8 rings (SSSR count). The average Bonchev–Trinajstić information content (AvgIpc) is 3.71. The third-order valence-electron chi connectivity index (χ3n) is 8.27. The van der Waals surface area contributed by atoms with Crippen molar-refractivity contribution in [3.8, 4) is 0 Å². The highest BCUT2D eigenvalue weighted by Crippen LogP contribution is 2.55. The van der Waals surface area contributed by atoms with Crippen LogP contribution in [0.15, 0.2) is 105 Å². The molecule has 0 saturated heterocycles. The van der Waals surface area contributed by atoms with E-state index in [-0.39, 0.29) is 39.5 Å². The van der Waals surface area contributed by atoms with E-state index in [2.05, 4.69) is 10.2 Å². The number of aromatic nitrogens is 2. The Morgan fingerprint density at radius 3 is 2.49 bits per heavy atom. The molecule has 0 fully saturated rings. The van der Waals surface area contributed by atoms with Crippen molar-refractivity contribution < 1.29 is 18.4 Å². The minimum absolute atomic E-state index is 0.0884. The summed E-state index contributed by atoms with van der Waals surface area (Å²) in [6.45, 7) is -0.139. The van der Waals surface area contributed by atoms with Crippen molar-refractivity contribution in [2.45, 2.75) is 22.2 Å². The van der Waals surface area contributed by atoms with Gasteiger partial charge in [-0.05, 0) is 42.0 Å². The summed E-state index contributed by atoms with van der Waals surface area (Å²) in [4.78, 5) is 46.5. The maximum absolute atomic E-state index is 15.0. The lowest BCUT2D eigenvalue weighted by Gasteiger charge is -2.32. The third-order valence-corrected chi connectivity index (χ3v) is 10.9. The Hall–Kier alpha value is -4.55. The standard InChI is InChI=1S/C34H19Cl2FN4O4S2/c35-20-14-13-19(23(36)15-20)17-46-33-39-38-32(47-33)41-30(43)29-27(28(42)21-8-2-6-12-26(21)45-29)34(41)22-9-3-5-11-25(22)40(31(34)44)16-18-7-1-4-10-24(18)37/h1-15H,16-17H2. The molecule has 0 saturated carbocycles. The molecule has 0 aliphatic carbocycles. The van der Waals surface area contributed by atoms with Gasteiger partial charge in [0.2, 0.25) is 10.9 Å². The fraction of sp³-hybridized carbons (Fsp3) is 0.0882. The molecule has 0 bridgehead atoms. The highest BCUT2D eigenvalue weighted by molar-refractivity contribution is 8.00. The molecule has 8 nitrogen and oxygen atoms in total. The van der Waals surface area contributed by atoms with E-state index in [1.807, 2.05) is 6.07 Å². The van der Waals surface area contributed by atoms with Crippen molar-refractivity contribution in [3.63, 3.8) is 0 Å². The van der Waals surface area contributed by atoms with Crippen molar-refractivity contribution in [2.75, 3.05) is 9.80 Å². The van der Waals surface area contributed by atoms with Crippen LogP contribution in [0, 0.1) is 5.82 Å². The first-order valence-electron chi connectivity index (χ1n) is 14.2. The molecule has 1 unspecified atom stereocenters. The maximum Gasteiger partial charge on any atom is 0.297 e. The van der Waals surface area contributed by atoms with Crippen LogP contribution in [0.1, 0.15) is 32.8 Å². The summed E-state index contributed by atoms with van der Waals surface area (Å²) >= 11 is 14.9. The lowest BCUT2D eigenvalue weighted by atomic mass is 9.84. The molecule has 2 amide bonds. The number of thioether (sulfide) groups is 1. The predicted octanol–water partition coefficient (Wildman–Crippen LogP) is 7.83. The Morgan fingerprint density at radius 1 is 0.894 bits per heavy atom. The molecule has 4 heterocycles. The number of nitrogens with zero attached hydrogens (tertiary/aromatic N) is 4. The number of hydrogen-bond acceptors (Lipinski definition) is 8. The average molecular weight is 702 g/mol. The van der Waals surface area contributed by atoms with Gasteiger partial charge in [-0.1, -0.05) is 101 Å². The molecule has 232 valence electrons. The molecular weight excluding hydrogens is 682 g/mol. The number of halogens is 3. The first-order chi connectivity index (χ1) is 22.8. The zero-order chi connectivity index (χ0) is 32.4. The second-order valence-corrected chi connectivity index (χ2v) is 13.9. The van der Waals surface area contributed by atoms with E-state index in [1.54, 1.807) is 78.9 Å². The van der Waals surface area contributed by atoms with Crippen LogP contribution in [0.2, 0.25) is 10.0 Å². The molecule has 2 aliphatic heterocycles. The highest BCUT2D eigenvalue weighted by Gasteiger charge is 2.66. The van der Waals surface area contributed by atoms with Crippen molar-refractivity contribution >= 4 is 79.9 Å². The third kappa shape index (κ3) is 4.52. The van der Waals surface area contributed by atoms with Crippen LogP contribution in [0.4, 0.5) is 15.2 Å². The summed E-state index contributed by atoms with van der Waals surface area (Å²) in [5, 5.41) is 9.99. The predicted molar refractivity (Wildman–Crippen MR) is 180 cm³/mol. The van der Waals surface area contributed by atoms with Gasteiger partial charge >= 0.3 is 0 Å². The van der Waals surface area contributed by atoms with E-state index in [1.165, 1.54) is 27.6 Å². The van der Waals surface area contributed by atoms with E-state index >= 15 is 4.79 Å². The molecule has 1 atom stereocenters. The summed E-state index contributed by atoms with van der Waals surface area (Å²) in [5.41, 5.74) is -0.536. The Kier molecular flexibility index (Phi) is 7.17. The second kappa shape index (κ2) is 11.3. The van der Waals surface area contributed by atoms with Gasteiger partial charge in [0, 0.05) is 26.9 Å². The largest absolute Gasteiger partial charge is 0.450 e. The van der Waals surface area contributed by atoms with Crippen molar-refractivity contribution in [1.82, 2.24) is 10.2 Å². The summed E-state index contributed by atoms with van der Waals surface area (Å²) < 4.78 is 21.5. The quantitative estimate of drug-likeness (QED) is 0.129. The number of amides is 2. The molecule has 2 aromatic heterocycles. The van der Waals surface area contributed by atoms with Crippen molar-refractivity contribution in [3.05, 3.63) is 145 Å². The summed E-state index contributed by atoms with van der Waals surface area (Å²) in [6, 6.07) is 24.8. The number of rotatable bonds is 6. The Labute approximate surface area is 284 Å². The lowest BCUT2D eigenvalue weighted by Crippen LogP contribution is -2.53. The van der Waals surface area contributed by atoms with E-state index in [0.29, 0.717) is 31.4 Å². The summed E-state index contributed by atoms with van der Waals surface area (Å²) in [6.07, 6.45) is 0. The van der Waals surface area contributed by atoms with Crippen LogP contribution in [0.25, 0.3) is 11.0 Å². The van der Waals surface area contributed by atoms with Crippen LogP contribution in [0.5, 0.6) is 0 Å². The van der Waals surface area contributed by atoms with E-state index < -0.39 is 28.6 Å². The lowest BCUT2D eigenvalue weighted by molar-refractivity contribution is -0.121. The number of fused-ring (bicyclic) bond motifs is 5. The molecule has 2 aliphatic rings. The molecule has 0 radical (unpaired) electrons. The van der Waals surface area contributed by atoms with E-state index in [0.717, 1.165) is 16.9 Å². The van der Waals surface area contributed by atoms with Gasteiger partial charge in [0.05, 0.1) is 23.2 Å². The number of hydrogen-bond donors (Lipinski definition) is 0. The number of benzene rings is 4. The van der Waals surface area contributed by atoms with E-state index in [9.17, 15) is 14.0 Å². The molecule has 0 N–H and O–H groups in total. The van der Waals surface area contributed by atoms with Gasteiger partial charge < -0.3 is 9.32 Å². The van der Waals surface area contributed by atoms with Gasteiger partial charge in [0.1, 0.15) is 11.4 Å². The molecule has 4 aromatic carbocycles. The first-order valence-corrected chi connectivity index (χ1v) is 16.8. The highest BCUT2D eigenvalue weighted by atomic mass is 35.5. The minimum atomic E-state index is -1.99. The summed E-state index contributed by atoms with van der Waals surface area (Å²) in [7, 11) is 0. The first kappa shape index (κ1) is 29.8. The number of anilines is 2. The van der Waals surface area contributed by atoms with Crippen LogP contribution in [-0.4, -0.2) is 22.0 Å². The number of carbonyl (C=O) groups is 2. The van der Waals surface area contributed by atoms with Crippen molar-refractivity contribution in [1.29, 1.82) is 0 Å². The maximum atomic E-state index is 15.0. The normalized spacial score (nSPS) is 16.8. The molecular formula is C34H19Cl2FN4O4S2. The van der Waals surface area contributed by atoms with Crippen LogP contribution in [0.3, 0.4) is 0 Å². The zero-order valence-electron chi connectivity index (χ0n) is 23.9. The van der Waals surface area contributed by atoms with Gasteiger partial charge in [-0.25, -0.2) is 4.39 Å². The summed E-state index contributed by atoms with van der Waals surface area (Å²) in [5.74, 6) is -1.65. The zero-order valence-corrected chi connectivity index (χ0v) is 27.1. The van der Waals surface area contributed by atoms with E-state index in [4.69, 9.17) is 27.6 Å². The topological polar surface area (TPSA) is 96.6 Å².